The summed E-state index contributed by atoms with van der Waals surface area (Å²) in [5.41, 5.74) is 0. The molecule has 0 aromatic heterocycles. The minimum Gasteiger partial charge on any atom is -0.373 e. The SMILES string of the molecule is CC/C=C\CCCC/C=C\CCCCCCCCC(O)(C[N+](C)(C)C)P(=O)(O)O. The molecule has 1 unspecified atom stereocenters. The summed E-state index contributed by atoms with van der Waals surface area (Å²) in [6.07, 6.45) is 22.6. The van der Waals surface area contributed by atoms with Crippen molar-refractivity contribution in [2.45, 2.75) is 95.7 Å². The van der Waals surface area contributed by atoms with Crippen molar-refractivity contribution in [1.82, 2.24) is 0 Å². The van der Waals surface area contributed by atoms with Gasteiger partial charge < -0.3 is 19.4 Å². The van der Waals surface area contributed by atoms with Crippen LogP contribution in [0.5, 0.6) is 0 Å². The summed E-state index contributed by atoms with van der Waals surface area (Å²) in [7, 11) is 0.955. The molecule has 5 nitrogen and oxygen atoms in total. The summed E-state index contributed by atoms with van der Waals surface area (Å²) in [6, 6.07) is 0. The minimum absolute atomic E-state index is 0.0546. The second kappa shape index (κ2) is 15.4. The van der Waals surface area contributed by atoms with Crippen molar-refractivity contribution in [2.24, 2.45) is 0 Å². The highest BCUT2D eigenvalue weighted by molar-refractivity contribution is 7.53. The fraction of sp³-hybridized carbons (Fsp3) is 0.826. The molecule has 0 saturated carbocycles. The fourth-order valence-corrected chi connectivity index (χ4v) is 4.56. The Balaban J connectivity index is 3.75. The number of likely N-dealkylation sites (N-methyl/N-ethyl adjacent to an activating group) is 1. The molecule has 0 spiro atoms. The lowest BCUT2D eigenvalue weighted by Crippen LogP contribution is -2.49. The Labute approximate surface area is 179 Å². The molecule has 1 atom stereocenters. The van der Waals surface area contributed by atoms with Gasteiger partial charge in [0.1, 0.15) is 6.54 Å². The molecule has 0 amide bonds. The van der Waals surface area contributed by atoms with Gasteiger partial charge in [0.05, 0.1) is 21.1 Å². The first-order valence-corrected chi connectivity index (χ1v) is 13.0. The summed E-state index contributed by atoms with van der Waals surface area (Å²) in [4.78, 5) is 19.1. The quantitative estimate of drug-likeness (QED) is 0.111. The van der Waals surface area contributed by atoms with E-state index < -0.39 is 12.9 Å². The van der Waals surface area contributed by atoms with Gasteiger partial charge in [-0.3, -0.25) is 4.57 Å². The Morgan fingerprint density at radius 3 is 1.62 bits per heavy atom. The molecule has 0 bridgehead atoms. The summed E-state index contributed by atoms with van der Waals surface area (Å²) in [5.74, 6) is 0. The first-order valence-electron chi connectivity index (χ1n) is 11.4. The summed E-state index contributed by atoms with van der Waals surface area (Å²) >= 11 is 0. The maximum absolute atomic E-state index is 11.7. The van der Waals surface area contributed by atoms with Crippen LogP contribution in [-0.4, -0.2) is 52.4 Å². The Morgan fingerprint density at radius 2 is 1.17 bits per heavy atom. The van der Waals surface area contributed by atoms with Crippen LogP contribution in [0.2, 0.25) is 0 Å². The molecule has 6 heteroatoms. The number of rotatable bonds is 18. The molecule has 0 radical (unpaired) electrons. The molecule has 172 valence electrons. The van der Waals surface area contributed by atoms with Crippen molar-refractivity contribution < 1.29 is 23.9 Å². The van der Waals surface area contributed by atoms with E-state index in [2.05, 4.69) is 31.2 Å². The first-order chi connectivity index (χ1) is 13.5. The smallest absolute Gasteiger partial charge is 0.362 e. The van der Waals surface area contributed by atoms with Crippen molar-refractivity contribution in [3.05, 3.63) is 24.3 Å². The predicted molar refractivity (Wildman–Crippen MR) is 124 cm³/mol. The lowest BCUT2D eigenvalue weighted by atomic mass is 10.0. The number of aliphatic hydroxyl groups is 1. The zero-order valence-electron chi connectivity index (χ0n) is 19.4. The molecule has 0 fully saturated rings. The van der Waals surface area contributed by atoms with Crippen LogP contribution in [0.15, 0.2) is 24.3 Å². The average molecular weight is 433 g/mol. The van der Waals surface area contributed by atoms with Gasteiger partial charge in [-0.15, -0.1) is 0 Å². The van der Waals surface area contributed by atoms with Crippen LogP contribution in [0.25, 0.3) is 0 Å². The molecule has 0 saturated heterocycles. The number of quaternary nitrogens is 1. The number of hydrogen-bond acceptors (Lipinski definition) is 2. The molecule has 0 rings (SSSR count). The molecule has 0 aliphatic heterocycles. The highest BCUT2D eigenvalue weighted by Crippen LogP contribution is 2.52. The number of hydrogen-bond donors (Lipinski definition) is 3. The van der Waals surface area contributed by atoms with Crippen LogP contribution in [0, 0.1) is 0 Å². The zero-order valence-corrected chi connectivity index (χ0v) is 20.2. The topological polar surface area (TPSA) is 77.8 Å². The highest BCUT2D eigenvalue weighted by atomic mass is 31.2. The Kier molecular flexibility index (Phi) is 15.1. The van der Waals surface area contributed by atoms with Gasteiger partial charge in [-0.2, -0.15) is 0 Å². The minimum atomic E-state index is -4.54. The summed E-state index contributed by atoms with van der Waals surface area (Å²) < 4.78 is 12.1. The second-order valence-electron chi connectivity index (χ2n) is 9.27. The van der Waals surface area contributed by atoms with Gasteiger partial charge in [-0.1, -0.05) is 56.9 Å². The number of nitrogens with zero attached hydrogens (tertiary/aromatic N) is 1. The second-order valence-corrected chi connectivity index (χ2v) is 11.2. The van der Waals surface area contributed by atoms with Gasteiger partial charge in [-0.25, -0.2) is 0 Å². The van der Waals surface area contributed by atoms with Crippen molar-refractivity contribution >= 4 is 7.60 Å². The number of allylic oxidation sites excluding steroid dienone is 4. The third kappa shape index (κ3) is 16.0. The van der Waals surface area contributed by atoms with Crippen LogP contribution < -0.4 is 0 Å². The molecule has 0 aliphatic carbocycles. The van der Waals surface area contributed by atoms with E-state index in [1.54, 1.807) is 0 Å². The van der Waals surface area contributed by atoms with Crippen LogP contribution in [0.3, 0.4) is 0 Å². The van der Waals surface area contributed by atoms with Crippen molar-refractivity contribution in [1.29, 1.82) is 0 Å². The third-order valence-corrected chi connectivity index (χ3v) is 6.48. The van der Waals surface area contributed by atoms with E-state index in [-0.39, 0.29) is 13.0 Å². The van der Waals surface area contributed by atoms with Gasteiger partial charge in [0.15, 0.2) is 0 Å². The monoisotopic (exact) mass is 432 g/mol. The first kappa shape index (κ1) is 28.5. The Bertz CT molecular complexity index is 507. The van der Waals surface area contributed by atoms with Gasteiger partial charge in [0.25, 0.3) is 0 Å². The lowest BCUT2D eigenvalue weighted by Gasteiger charge is -2.35. The maximum atomic E-state index is 11.7. The highest BCUT2D eigenvalue weighted by Gasteiger charge is 2.48. The van der Waals surface area contributed by atoms with Crippen molar-refractivity contribution in [2.75, 3.05) is 27.7 Å². The molecule has 3 N–H and O–H groups in total. The van der Waals surface area contributed by atoms with E-state index in [1.165, 1.54) is 38.5 Å². The van der Waals surface area contributed by atoms with E-state index in [9.17, 15) is 19.5 Å². The van der Waals surface area contributed by atoms with E-state index in [4.69, 9.17) is 0 Å². The lowest BCUT2D eigenvalue weighted by molar-refractivity contribution is -0.875. The Hall–Kier alpha value is -0.450. The maximum Gasteiger partial charge on any atom is 0.362 e. The average Bonchev–Trinajstić information content (AvgIpc) is 2.59. The standard InChI is InChI=1S/C23H46NO4P/c1-5-6-7-8-9-10-11-12-13-14-15-16-17-18-19-20-21-23(25,29(26,27)28)22-24(2,3)4/h6-7,12-13,25H,5,8-11,14-22H2,1-4H3,(H-,26,27,28)/p+1/b7-6-,13-12-. The summed E-state index contributed by atoms with van der Waals surface area (Å²) in [5, 5.41) is 8.59. The van der Waals surface area contributed by atoms with E-state index in [0.29, 0.717) is 10.9 Å². The van der Waals surface area contributed by atoms with Crippen LogP contribution in [0.1, 0.15) is 90.4 Å². The van der Waals surface area contributed by atoms with Crippen LogP contribution >= 0.6 is 7.60 Å². The van der Waals surface area contributed by atoms with Crippen LogP contribution in [-0.2, 0) is 4.57 Å². The third-order valence-electron chi connectivity index (χ3n) is 5.03. The predicted octanol–water partition coefficient (Wildman–Crippen LogP) is 5.76. The van der Waals surface area contributed by atoms with Gasteiger partial charge >= 0.3 is 7.60 Å². The molecule has 0 aliphatic rings. The normalized spacial score (nSPS) is 15.4. The molecular weight excluding hydrogens is 385 g/mol. The van der Waals surface area contributed by atoms with Gasteiger partial charge in [0, 0.05) is 0 Å². The number of unbranched alkanes of at least 4 members (excludes halogenated alkanes) is 9. The van der Waals surface area contributed by atoms with E-state index in [1.807, 2.05) is 21.1 Å². The molecular formula is C23H47NO4P+. The van der Waals surface area contributed by atoms with E-state index >= 15 is 0 Å². The largest absolute Gasteiger partial charge is 0.373 e. The Morgan fingerprint density at radius 1 is 0.759 bits per heavy atom. The van der Waals surface area contributed by atoms with E-state index in [0.717, 1.165) is 32.1 Å². The molecule has 0 heterocycles. The van der Waals surface area contributed by atoms with Crippen molar-refractivity contribution in [3.8, 4) is 0 Å². The molecule has 0 aromatic rings. The van der Waals surface area contributed by atoms with Gasteiger partial charge in [0.2, 0.25) is 5.34 Å². The molecule has 29 heavy (non-hydrogen) atoms. The van der Waals surface area contributed by atoms with Crippen molar-refractivity contribution in [3.63, 3.8) is 0 Å². The zero-order chi connectivity index (χ0) is 22.2. The van der Waals surface area contributed by atoms with Gasteiger partial charge in [-0.05, 0) is 57.8 Å². The molecule has 0 aromatic carbocycles. The van der Waals surface area contributed by atoms with Crippen LogP contribution in [0.4, 0.5) is 0 Å². The summed E-state index contributed by atoms with van der Waals surface area (Å²) in [6.45, 7) is 2.22. The fourth-order valence-electron chi connectivity index (χ4n) is 3.50.